The van der Waals surface area contributed by atoms with Crippen LogP contribution in [0.25, 0.3) is 0 Å². The zero-order valence-corrected chi connectivity index (χ0v) is 24.2. The van der Waals surface area contributed by atoms with Gasteiger partial charge in [0, 0.05) is 19.5 Å². The van der Waals surface area contributed by atoms with E-state index in [1.54, 1.807) is 11.1 Å². The summed E-state index contributed by atoms with van der Waals surface area (Å²) in [5.74, 6) is 1.89. The van der Waals surface area contributed by atoms with E-state index in [9.17, 15) is 9.18 Å². The van der Waals surface area contributed by atoms with Gasteiger partial charge in [-0.1, -0.05) is 90.1 Å². The van der Waals surface area contributed by atoms with E-state index in [4.69, 9.17) is 0 Å². The van der Waals surface area contributed by atoms with E-state index in [1.165, 1.54) is 69.1 Å². The highest BCUT2D eigenvalue weighted by molar-refractivity contribution is 5.76. The number of fused-ring (bicyclic) bond motifs is 3. The van der Waals surface area contributed by atoms with Gasteiger partial charge in [0.2, 0.25) is 5.91 Å². The van der Waals surface area contributed by atoms with Crippen LogP contribution in [0.3, 0.4) is 0 Å². The van der Waals surface area contributed by atoms with Crippen molar-refractivity contribution in [3.05, 3.63) is 70.5 Å². The molecule has 2 fully saturated rings. The molecule has 0 heterocycles. The van der Waals surface area contributed by atoms with Gasteiger partial charge in [0.05, 0.1) is 0 Å². The zero-order chi connectivity index (χ0) is 26.9. The molecule has 0 saturated heterocycles. The fourth-order valence-electron chi connectivity index (χ4n) is 8.46. The number of carbonyl (C=O) groups is 1. The van der Waals surface area contributed by atoms with Gasteiger partial charge in [0.15, 0.2) is 0 Å². The predicted octanol–water partition coefficient (Wildman–Crippen LogP) is 8.96. The molecule has 5 rings (SSSR count). The van der Waals surface area contributed by atoms with Crippen LogP contribution in [-0.4, -0.2) is 17.4 Å². The Balaban J connectivity index is 1.39. The van der Waals surface area contributed by atoms with E-state index in [2.05, 4.69) is 50.8 Å². The van der Waals surface area contributed by atoms with Crippen molar-refractivity contribution in [2.24, 2.45) is 17.3 Å². The number of halogens is 1. The van der Waals surface area contributed by atoms with E-state index in [-0.39, 0.29) is 22.6 Å². The fraction of sp³-hybridized carbons (Fsp3) is 0.629. The van der Waals surface area contributed by atoms with Gasteiger partial charge in [0.1, 0.15) is 5.82 Å². The summed E-state index contributed by atoms with van der Waals surface area (Å²) in [5, 5.41) is 0. The third-order valence-electron chi connectivity index (χ3n) is 10.6. The highest BCUT2D eigenvalue weighted by atomic mass is 19.1. The van der Waals surface area contributed by atoms with Gasteiger partial charge in [-0.25, -0.2) is 4.39 Å². The number of carbonyl (C=O) groups excluding carboxylic acids is 1. The number of nitrogens with zero attached hydrogens (tertiary/aromatic N) is 1. The van der Waals surface area contributed by atoms with E-state index >= 15 is 0 Å². The molecular weight excluding hydrogens is 469 g/mol. The van der Waals surface area contributed by atoms with Crippen molar-refractivity contribution in [3.8, 4) is 0 Å². The normalized spacial score (nSPS) is 27.3. The summed E-state index contributed by atoms with van der Waals surface area (Å²) in [5.41, 5.74) is 5.81. The van der Waals surface area contributed by atoms with Crippen molar-refractivity contribution in [2.45, 2.75) is 116 Å². The maximum Gasteiger partial charge on any atom is 0.222 e. The molecule has 3 atom stereocenters. The SMILES string of the molecule is CC(C)c1ccc2c(c1)CCC1C(C)(CN(Cc3ccc(F)cc3)C(=O)CCC3CCCC3)CCCC21C. The largest absolute Gasteiger partial charge is 0.338 e. The first-order valence-corrected chi connectivity index (χ1v) is 15.3. The van der Waals surface area contributed by atoms with E-state index in [0.29, 0.717) is 30.7 Å². The molecule has 0 spiro atoms. The van der Waals surface area contributed by atoms with Gasteiger partial charge in [-0.2, -0.15) is 0 Å². The Bertz CT molecular complexity index is 1120. The van der Waals surface area contributed by atoms with Crippen LogP contribution in [0, 0.1) is 23.1 Å². The predicted molar refractivity (Wildman–Crippen MR) is 155 cm³/mol. The second-order valence-corrected chi connectivity index (χ2v) is 13.7. The molecule has 2 aromatic carbocycles. The van der Waals surface area contributed by atoms with Crippen molar-refractivity contribution in [2.75, 3.05) is 6.54 Å². The lowest BCUT2D eigenvalue weighted by Gasteiger charge is -2.56. The van der Waals surface area contributed by atoms with Crippen molar-refractivity contribution < 1.29 is 9.18 Å². The van der Waals surface area contributed by atoms with Crippen molar-refractivity contribution in [1.29, 1.82) is 0 Å². The third-order valence-corrected chi connectivity index (χ3v) is 10.6. The second kappa shape index (κ2) is 11.1. The van der Waals surface area contributed by atoms with Crippen molar-refractivity contribution in [1.82, 2.24) is 4.90 Å². The summed E-state index contributed by atoms with van der Waals surface area (Å²) in [6.07, 6.45) is 12.8. The molecule has 0 aliphatic heterocycles. The lowest BCUT2D eigenvalue weighted by Crippen LogP contribution is -2.53. The van der Waals surface area contributed by atoms with E-state index < -0.39 is 0 Å². The molecule has 0 radical (unpaired) electrons. The van der Waals surface area contributed by atoms with Crippen LogP contribution in [0.1, 0.15) is 120 Å². The van der Waals surface area contributed by atoms with Crippen LogP contribution in [0.2, 0.25) is 0 Å². The van der Waals surface area contributed by atoms with Gasteiger partial charge in [0.25, 0.3) is 0 Å². The van der Waals surface area contributed by atoms with E-state index in [1.807, 2.05) is 12.1 Å². The fourth-order valence-corrected chi connectivity index (χ4v) is 8.46. The molecule has 2 saturated carbocycles. The quantitative estimate of drug-likeness (QED) is 0.342. The Kier molecular flexibility index (Phi) is 8.04. The molecule has 3 unspecified atom stereocenters. The highest BCUT2D eigenvalue weighted by Gasteiger charge is 2.52. The maximum absolute atomic E-state index is 13.8. The Morgan fingerprint density at radius 2 is 1.74 bits per heavy atom. The van der Waals surface area contributed by atoms with Gasteiger partial charge in [-0.05, 0) is 95.1 Å². The van der Waals surface area contributed by atoms with Gasteiger partial charge >= 0.3 is 0 Å². The first-order chi connectivity index (χ1) is 18.2. The Morgan fingerprint density at radius 1 is 1.00 bits per heavy atom. The minimum absolute atomic E-state index is 0.0739. The molecule has 3 heteroatoms. The third kappa shape index (κ3) is 5.58. The number of amides is 1. The number of rotatable bonds is 8. The Hall–Kier alpha value is -2.16. The lowest BCUT2D eigenvalue weighted by molar-refractivity contribution is -0.135. The number of hydrogen-bond acceptors (Lipinski definition) is 1. The zero-order valence-electron chi connectivity index (χ0n) is 24.2. The van der Waals surface area contributed by atoms with Crippen molar-refractivity contribution >= 4 is 5.91 Å². The van der Waals surface area contributed by atoms with Crippen LogP contribution in [0.5, 0.6) is 0 Å². The summed E-state index contributed by atoms with van der Waals surface area (Å²) < 4.78 is 13.6. The number of benzene rings is 2. The second-order valence-electron chi connectivity index (χ2n) is 13.7. The van der Waals surface area contributed by atoms with Crippen LogP contribution in [0.4, 0.5) is 4.39 Å². The molecule has 0 N–H and O–H groups in total. The molecular formula is C35H48FNO. The minimum atomic E-state index is -0.218. The summed E-state index contributed by atoms with van der Waals surface area (Å²) in [7, 11) is 0. The maximum atomic E-state index is 13.8. The van der Waals surface area contributed by atoms with Crippen LogP contribution in [0.15, 0.2) is 42.5 Å². The highest BCUT2D eigenvalue weighted by Crippen LogP contribution is 2.57. The molecule has 1 amide bonds. The van der Waals surface area contributed by atoms with E-state index in [0.717, 1.165) is 24.9 Å². The Labute approximate surface area is 230 Å². The smallest absolute Gasteiger partial charge is 0.222 e. The minimum Gasteiger partial charge on any atom is -0.338 e. The molecule has 0 aromatic heterocycles. The number of hydrogen-bond donors (Lipinski definition) is 0. The van der Waals surface area contributed by atoms with Crippen LogP contribution >= 0.6 is 0 Å². The molecule has 38 heavy (non-hydrogen) atoms. The summed E-state index contributed by atoms with van der Waals surface area (Å²) >= 11 is 0. The molecule has 2 nitrogen and oxygen atoms in total. The standard InChI is InChI=1S/C35H48FNO/c1-25(2)28-13-17-31-29(22-28)14-18-32-34(3,20-7-21-35(31,32)4)24-37(23-27-10-15-30(36)16-11-27)33(38)19-12-26-8-5-6-9-26/h10-11,13,15-17,22,25-26,32H,5-9,12,14,18-21,23-24H2,1-4H3. The molecule has 206 valence electrons. The average Bonchev–Trinajstić information content (AvgIpc) is 3.41. The summed E-state index contributed by atoms with van der Waals surface area (Å²) in [4.78, 5) is 15.9. The lowest BCUT2D eigenvalue weighted by atomic mass is 9.49. The molecule has 3 aliphatic rings. The number of aryl methyl sites for hydroxylation is 1. The van der Waals surface area contributed by atoms with Crippen LogP contribution < -0.4 is 0 Å². The molecule has 0 bridgehead atoms. The first-order valence-electron chi connectivity index (χ1n) is 15.3. The summed E-state index contributed by atoms with van der Waals surface area (Å²) in [6.45, 7) is 10.9. The molecule has 3 aliphatic carbocycles. The van der Waals surface area contributed by atoms with Crippen molar-refractivity contribution in [3.63, 3.8) is 0 Å². The Morgan fingerprint density at radius 3 is 2.45 bits per heavy atom. The van der Waals surface area contributed by atoms with Gasteiger partial charge < -0.3 is 4.90 Å². The molecule has 2 aromatic rings. The first kappa shape index (κ1) is 27.4. The topological polar surface area (TPSA) is 20.3 Å². The summed E-state index contributed by atoms with van der Waals surface area (Å²) in [6, 6.07) is 14.0. The van der Waals surface area contributed by atoms with Crippen LogP contribution in [-0.2, 0) is 23.2 Å². The average molecular weight is 518 g/mol. The van der Waals surface area contributed by atoms with Gasteiger partial charge in [-0.15, -0.1) is 0 Å². The monoisotopic (exact) mass is 517 g/mol. The van der Waals surface area contributed by atoms with Gasteiger partial charge in [-0.3, -0.25) is 4.79 Å².